The largest absolute Gasteiger partial charge is 0.403 e. The molecule has 19 heavy (non-hydrogen) atoms. The van der Waals surface area contributed by atoms with Crippen molar-refractivity contribution in [3.8, 4) is 0 Å². The molecule has 1 N–H and O–H groups in total. The molecule has 0 spiro atoms. The van der Waals surface area contributed by atoms with E-state index >= 15 is 0 Å². The number of hydrogen-bond donors (Lipinski definition) is 1. The van der Waals surface area contributed by atoms with Crippen LogP contribution in [0.15, 0.2) is 18.2 Å². The van der Waals surface area contributed by atoms with Crippen LogP contribution in [0, 0.1) is 12.8 Å². The van der Waals surface area contributed by atoms with E-state index in [-0.39, 0.29) is 5.02 Å². The molecule has 0 aromatic heterocycles. The third kappa shape index (κ3) is 3.76. The first-order valence-corrected chi connectivity index (χ1v) is 5.40. The first-order chi connectivity index (χ1) is 8.44. The van der Waals surface area contributed by atoms with Gasteiger partial charge in [0, 0.05) is 5.02 Å². The summed E-state index contributed by atoms with van der Waals surface area (Å²) in [6.07, 6.45) is -14.0. The van der Waals surface area contributed by atoms with Gasteiger partial charge in [0.1, 0.15) is 0 Å². The van der Waals surface area contributed by atoms with E-state index in [4.69, 9.17) is 11.6 Å². The van der Waals surface area contributed by atoms with E-state index in [1.54, 1.807) is 0 Å². The maximum Gasteiger partial charge on any atom is 0.403 e. The fourth-order valence-corrected chi connectivity index (χ4v) is 1.72. The summed E-state index contributed by atoms with van der Waals surface area (Å²) in [7, 11) is 0. The topological polar surface area (TPSA) is 20.2 Å². The van der Waals surface area contributed by atoms with Gasteiger partial charge in [0.2, 0.25) is 0 Å². The van der Waals surface area contributed by atoms with E-state index in [2.05, 4.69) is 0 Å². The highest BCUT2D eigenvalue weighted by Gasteiger charge is 2.60. The highest BCUT2D eigenvalue weighted by molar-refractivity contribution is 6.31. The van der Waals surface area contributed by atoms with Gasteiger partial charge in [-0.25, -0.2) is 0 Å². The van der Waals surface area contributed by atoms with Crippen LogP contribution in [0.2, 0.25) is 5.02 Å². The second kappa shape index (κ2) is 5.20. The molecule has 0 aliphatic rings. The fourth-order valence-electron chi connectivity index (χ4n) is 1.53. The van der Waals surface area contributed by atoms with Gasteiger partial charge in [0.15, 0.2) is 5.92 Å². The molecule has 1 atom stereocenters. The molecule has 1 rings (SSSR count). The minimum absolute atomic E-state index is 0.0142. The minimum atomic E-state index is -5.60. The number of aliphatic hydroxyl groups excluding tert-OH is 1. The number of halogens is 7. The molecule has 0 aliphatic heterocycles. The molecule has 108 valence electrons. The third-order valence-electron chi connectivity index (χ3n) is 2.56. The smallest absolute Gasteiger partial charge is 0.387 e. The van der Waals surface area contributed by atoms with Crippen molar-refractivity contribution in [3.63, 3.8) is 0 Å². The van der Waals surface area contributed by atoms with Crippen molar-refractivity contribution < 1.29 is 31.4 Å². The molecule has 0 saturated heterocycles. The summed E-state index contributed by atoms with van der Waals surface area (Å²) in [5.74, 6) is -3.85. The van der Waals surface area contributed by atoms with E-state index in [1.165, 1.54) is 13.0 Å². The molecule has 0 aliphatic carbocycles. The Morgan fingerprint density at radius 3 is 1.89 bits per heavy atom. The summed E-state index contributed by atoms with van der Waals surface area (Å²) in [5, 5.41) is 9.35. The molecule has 8 heteroatoms. The Bertz CT molecular complexity index is 439. The Morgan fingerprint density at radius 1 is 1.05 bits per heavy atom. The van der Waals surface area contributed by atoms with Crippen molar-refractivity contribution in [2.45, 2.75) is 25.4 Å². The zero-order valence-corrected chi connectivity index (χ0v) is 10.2. The zero-order chi connectivity index (χ0) is 15.0. The number of aliphatic hydroxyl groups is 1. The molecule has 0 heterocycles. The molecule has 0 saturated carbocycles. The van der Waals surface area contributed by atoms with Crippen LogP contribution >= 0.6 is 11.6 Å². The van der Waals surface area contributed by atoms with Gasteiger partial charge in [-0.2, -0.15) is 26.3 Å². The lowest BCUT2D eigenvalue weighted by molar-refractivity contribution is -0.307. The lowest BCUT2D eigenvalue weighted by atomic mass is 9.94. The van der Waals surface area contributed by atoms with Crippen molar-refractivity contribution in [2.24, 2.45) is 5.92 Å². The molecule has 0 amide bonds. The predicted octanol–water partition coefficient (Wildman–Crippen LogP) is 4.42. The van der Waals surface area contributed by atoms with Crippen molar-refractivity contribution >= 4 is 11.6 Å². The van der Waals surface area contributed by atoms with Gasteiger partial charge in [-0.1, -0.05) is 23.7 Å². The van der Waals surface area contributed by atoms with Gasteiger partial charge < -0.3 is 5.11 Å². The van der Waals surface area contributed by atoms with E-state index < -0.39 is 29.9 Å². The first kappa shape index (κ1) is 16.1. The van der Waals surface area contributed by atoms with Crippen LogP contribution in [-0.2, 0) is 0 Å². The van der Waals surface area contributed by atoms with Crippen LogP contribution in [0.4, 0.5) is 26.3 Å². The van der Waals surface area contributed by atoms with Crippen LogP contribution in [0.5, 0.6) is 0 Å². The van der Waals surface area contributed by atoms with Crippen LogP contribution in [0.1, 0.15) is 17.2 Å². The van der Waals surface area contributed by atoms with E-state index in [0.29, 0.717) is 5.56 Å². The van der Waals surface area contributed by atoms with E-state index in [9.17, 15) is 31.4 Å². The number of alkyl halides is 6. The Balaban J connectivity index is 3.20. The molecular formula is C11H9ClF6O. The van der Waals surface area contributed by atoms with Crippen molar-refractivity contribution in [1.82, 2.24) is 0 Å². The van der Waals surface area contributed by atoms with Gasteiger partial charge in [-0.05, 0) is 24.1 Å². The molecule has 1 aromatic rings. The fraction of sp³-hybridized carbons (Fsp3) is 0.455. The average molecular weight is 307 g/mol. The predicted molar refractivity (Wildman–Crippen MR) is 56.7 cm³/mol. The normalized spacial score (nSPS) is 14.8. The Morgan fingerprint density at radius 2 is 1.53 bits per heavy atom. The van der Waals surface area contributed by atoms with Crippen molar-refractivity contribution in [2.75, 3.05) is 0 Å². The van der Waals surface area contributed by atoms with Crippen LogP contribution in [-0.4, -0.2) is 17.5 Å². The second-order valence-electron chi connectivity index (χ2n) is 4.01. The van der Waals surface area contributed by atoms with Gasteiger partial charge >= 0.3 is 12.4 Å². The summed E-state index contributed by atoms with van der Waals surface area (Å²) in [4.78, 5) is 0. The Hall–Kier alpha value is -0.950. The third-order valence-corrected chi connectivity index (χ3v) is 2.97. The van der Waals surface area contributed by atoms with Gasteiger partial charge in [-0.15, -0.1) is 0 Å². The van der Waals surface area contributed by atoms with Crippen molar-refractivity contribution in [1.29, 1.82) is 0 Å². The monoisotopic (exact) mass is 306 g/mol. The lowest BCUT2D eigenvalue weighted by Gasteiger charge is -2.27. The van der Waals surface area contributed by atoms with Gasteiger partial charge in [0.05, 0.1) is 6.10 Å². The van der Waals surface area contributed by atoms with Crippen LogP contribution in [0.3, 0.4) is 0 Å². The second-order valence-corrected chi connectivity index (χ2v) is 4.42. The highest BCUT2D eigenvalue weighted by atomic mass is 35.5. The number of rotatable bonds is 2. The quantitative estimate of drug-likeness (QED) is 0.802. The van der Waals surface area contributed by atoms with Gasteiger partial charge in [0.25, 0.3) is 0 Å². The zero-order valence-electron chi connectivity index (χ0n) is 9.48. The molecule has 1 aromatic carbocycles. The van der Waals surface area contributed by atoms with Crippen molar-refractivity contribution in [3.05, 3.63) is 34.3 Å². The average Bonchev–Trinajstić information content (AvgIpc) is 2.17. The Labute approximate surface area is 109 Å². The minimum Gasteiger partial charge on any atom is -0.387 e. The number of aryl methyl sites for hydroxylation is 1. The molecule has 1 nitrogen and oxygen atoms in total. The maximum atomic E-state index is 12.4. The Kier molecular flexibility index (Phi) is 4.41. The van der Waals surface area contributed by atoms with E-state index in [1.807, 2.05) is 0 Å². The van der Waals surface area contributed by atoms with Gasteiger partial charge in [-0.3, -0.25) is 0 Å². The molecule has 0 fully saturated rings. The standard InChI is InChI=1S/C11H9ClF6O/c1-5-2-3-6(4-7(5)12)8(19)9(10(13,14)15)11(16,17)18/h2-4,8-9,19H,1H3. The molecule has 1 unspecified atom stereocenters. The number of hydrogen-bond acceptors (Lipinski definition) is 1. The summed E-state index contributed by atoms with van der Waals surface area (Å²) < 4.78 is 74.5. The summed E-state index contributed by atoms with van der Waals surface area (Å²) >= 11 is 5.62. The molecular weight excluding hydrogens is 298 g/mol. The summed E-state index contributed by atoms with van der Waals surface area (Å²) in [5.41, 5.74) is -0.0524. The number of benzene rings is 1. The maximum absolute atomic E-state index is 12.4. The van der Waals surface area contributed by atoms with E-state index in [0.717, 1.165) is 12.1 Å². The molecule has 0 bridgehead atoms. The summed E-state index contributed by atoms with van der Waals surface area (Å²) in [6.45, 7) is 1.53. The highest BCUT2D eigenvalue weighted by Crippen LogP contribution is 2.46. The van der Waals surface area contributed by atoms with Crippen LogP contribution in [0.25, 0.3) is 0 Å². The lowest BCUT2D eigenvalue weighted by Crippen LogP contribution is -2.40. The summed E-state index contributed by atoms with van der Waals surface area (Å²) in [6, 6.07) is 3.12. The first-order valence-electron chi connectivity index (χ1n) is 5.02. The SMILES string of the molecule is Cc1ccc(C(O)C(C(F)(F)F)C(F)(F)F)cc1Cl. The molecule has 0 radical (unpaired) electrons. The van der Waals surface area contributed by atoms with Crippen LogP contribution < -0.4 is 0 Å².